The van der Waals surface area contributed by atoms with Crippen LogP contribution in [-0.4, -0.2) is 27.8 Å². The molecule has 0 atom stereocenters. The van der Waals surface area contributed by atoms with Crippen LogP contribution < -0.4 is 10.9 Å². The van der Waals surface area contributed by atoms with E-state index in [0.717, 1.165) is 0 Å². The van der Waals surface area contributed by atoms with Crippen LogP contribution in [0.3, 0.4) is 0 Å². The molecule has 0 aromatic carbocycles. The number of nitrogens with zero attached hydrogens (tertiary/aromatic N) is 3. The molecule has 92 valence electrons. The summed E-state index contributed by atoms with van der Waals surface area (Å²) in [5.41, 5.74) is 1.00. The van der Waals surface area contributed by atoms with Crippen molar-refractivity contribution in [1.82, 2.24) is 19.9 Å². The molecule has 2 N–H and O–H groups in total. The maximum absolute atomic E-state index is 11.8. The molecular weight excluding hydrogens is 230 g/mol. The van der Waals surface area contributed by atoms with Crippen molar-refractivity contribution in [2.45, 2.75) is 0 Å². The van der Waals surface area contributed by atoms with Crippen LogP contribution in [0.25, 0.3) is 16.5 Å². The zero-order chi connectivity index (χ0) is 13.1. The van der Waals surface area contributed by atoms with Gasteiger partial charge in [0.15, 0.2) is 5.82 Å². The number of rotatable bonds is 3. The zero-order valence-corrected chi connectivity index (χ0v) is 10.1. The summed E-state index contributed by atoms with van der Waals surface area (Å²) in [5, 5.41) is 10.6. The first-order chi connectivity index (χ1) is 8.67. The molecule has 6 nitrogen and oxygen atoms in total. The molecule has 0 aliphatic carbocycles. The minimum atomic E-state index is -0.131. The molecule has 0 unspecified atom stereocenters. The van der Waals surface area contributed by atoms with Crippen molar-refractivity contribution in [2.24, 2.45) is 7.05 Å². The molecule has 0 spiro atoms. The van der Waals surface area contributed by atoms with E-state index in [4.69, 9.17) is 5.41 Å². The van der Waals surface area contributed by atoms with E-state index in [1.54, 1.807) is 32.6 Å². The third-order valence-electron chi connectivity index (χ3n) is 2.54. The number of aryl methyl sites for hydroxylation is 1. The normalized spacial score (nSPS) is 11.6. The number of nitrogens with one attached hydrogen (secondary N) is 2. The molecular formula is C12H13N5O. The predicted octanol–water partition coefficient (Wildman–Crippen LogP) is 0.538. The van der Waals surface area contributed by atoms with Gasteiger partial charge in [0.1, 0.15) is 0 Å². The highest BCUT2D eigenvalue weighted by molar-refractivity contribution is 6.06. The Balaban J connectivity index is 2.65. The van der Waals surface area contributed by atoms with Crippen molar-refractivity contribution >= 4 is 22.7 Å². The minimum Gasteiger partial charge on any atom is -0.393 e. The summed E-state index contributed by atoms with van der Waals surface area (Å²) in [6.45, 7) is 0. The Hall–Kier alpha value is -2.50. The maximum atomic E-state index is 11.8. The van der Waals surface area contributed by atoms with Gasteiger partial charge in [0.05, 0.1) is 16.5 Å². The Morgan fingerprint density at radius 2 is 2.33 bits per heavy atom. The van der Waals surface area contributed by atoms with Gasteiger partial charge in [0.2, 0.25) is 0 Å². The van der Waals surface area contributed by atoms with Crippen molar-refractivity contribution in [3.63, 3.8) is 0 Å². The van der Waals surface area contributed by atoms with Crippen LogP contribution >= 0.6 is 0 Å². The fraction of sp³-hybridized carbons (Fsp3) is 0.167. The van der Waals surface area contributed by atoms with Crippen molar-refractivity contribution in [2.75, 3.05) is 7.05 Å². The highest BCUT2D eigenvalue weighted by Gasteiger charge is 2.06. The quantitative estimate of drug-likeness (QED) is 0.770. The van der Waals surface area contributed by atoms with E-state index < -0.39 is 0 Å². The lowest BCUT2D eigenvalue weighted by Crippen LogP contribution is -2.16. The fourth-order valence-corrected chi connectivity index (χ4v) is 1.59. The van der Waals surface area contributed by atoms with Gasteiger partial charge in [-0.3, -0.25) is 4.79 Å². The van der Waals surface area contributed by atoms with Crippen LogP contribution in [0, 0.1) is 5.41 Å². The number of pyridine rings is 1. The Kier molecular flexibility index (Phi) is 3.18. The fourth-order valence-electron chi connectivity index (χ4n) is 1.59. The summed E-state index contributed by atoms with van der Waals surface area (Å²) in [4.78, 5) is 20.2. The van der Waals surface area contributed by atoms with Crippen molar-refractivity contribution in [3.05, 3.63) is 40.8 Å². The van der Waals surface area contributed by atoms with E-state index in [1.165, 1.54) is 17.0 Å². The predicted molar refractivity (Wildman–Crippen MR) is 70.6 cm³/mol. The Labute approximate surface area is 104 Å². The number of fused-ring (bicyclic) bond motifs is 1. The number of hydrogen-bond acceptors (Lipinski definition) is 5. The number of aromatic nitrogens is 3. The molecule has 0 radical (unpaired) electrons. The van der Waals surface area contributed by atoms with Gasteiger partial charge in [-0.2, -0.15) is 0 Å². The Bertz CT molecular complexity index is 686. The monoisotopic (exact) mass is 243 g/mol. The number of hydrogen-bond donors (Lipinski definition) is 2. The molecule has 0 aliphatic heterocycles. The van der Waals surface area contributed by atoms with Crippen LogP contribution in [0.5, 0.6) is 0 Å². The van der Waals surface area contributed by atoms with E-state index in [2.05, 4.69) is 15.3 Å². The van der Waals surface area contributed by atoms with Gasteiger partial charge in [-0.05, 0) is 6.07 Å². The van der Waals surface area contributed by atoms with Gasteiger partial charge in [0, 0.05) is 38.9 Å². The molecule has 18 heavy (non-hydrogen) atoms. The molecule has 0 amide bonds. The highest BCUT2D eigenvalue weighted by atomic mass is 16.1. The first-order valence-corrected chi connectivity index (χ1v) is 5.38. The van der Waals surface area contributed by atoms with E-state index in [9.17, 15) is 4.79 Å². The molecule has 0 aliphatic rings. The second-order valence-corrected chi connectivity index (χ2v) is 3.76. The summed E-state index contributed by atoms with van der Waals surface area (Å²) in [5.74, 6) is 0.417. The van der Waals surface area contributed by atoms with Gasteiger partial charge in [-0.15, -0.1) is 0 Å². The minimum absolute atomic E-state index is 0.131. The molecule has 0 fully saturated rings. The average molecular weight is 243 g/mol. The largest absolute Gasteiger partial charge is 0.393 e. The maximum Gasteiger partial charge on any atom is 0.261 e. The third kappa shape index (κ3) is 2.00. The molecule has 2 heterocycles. The average Bonchev–Trinajstić information content (AvgIpc) is 2.40. The van der Waals surface area contributed by atoms with Gasteiger partial charge in [-0.25, -0.2) is 9.97 Å². The smallest absolute Gasteiger partial charge is 0.261 e. The lowest BCUT2D eigenvalue weighted by Gasteiger charge is -2.03. The molecule has 2 aromatic heterocycles. The van der Waals surface area contributed by atoms with Crippen LogP contribution in [-0.2, 0) is 7.05 Å². The molecule has 2 rings (SSSR count). The topological polar surface area (TPSA) is 83.7 Å². The van der Waals surface area contributed by atoms with E-state index in [1.807, 2.05) is 0 Å². The lowest BCUT2D eigenvalue weighted by molar-refractivity contribution is 0.870. The second kappa shape index (κ2) is 4.79. The Morgan fingerprint density at radius 3 is 3.00 bits per heavy atom. The van der Waals surface area contributed by atoms with Gasteiger partial charge in [-0.1, -0.05) is 0 Å². The summed E-state index contributed by atoms with van der Waals surface area (Å²) >= 11 is 0. The third-order valence-corrected chi connectivity index (χ3v) is 2.54. The van der Waals surface area contributed by atoms with Gasteiger partial charge >= 0.3 is 0 Å². The molecule has 6 heteroatoms. The highest BCUT2D eigenvalue weighted by Crippen LogP contribution is 2.10. The molecule has 2 aromatic rings. The first kappa shape index (κ1) is 12.0. The first-order valence-electron chi connectivity index (χ1n) is 5.38. The zero-order valence-electron chi connectivity index (χ0n) is 10.1. The SMILES string of the molecule is CN/C=C(\C=N)c1ncc2c(=O)n(C)ccc2n1. The second-order valence-electron chi connectivity index (χ2n) is 3.76. The van der Waals surface area contributed by atoms with E-state index >= 15 is 0 Å². The summed E-state index contributed by atoms with van der Waals surface area (Å²) in [6, 6.07) is 1.75. The summed E-state index contributed by atoms with van der Waals surface area (Å²) in [7, 11) is 3.42. The summed E-state index contributed by atoms with van der Waals surface area (Å²) in [6.07, 6.45) is 5.95. The summed E-state index contributed by atoms with van der Waals surface area (Å²) < 4.78 is 1.48. The lowest BCUT2D eigenvalue weighted by atomic mass is 10.2. The molecule has 0 saturated carbocycles. The van der Waals surface area contributed by atoms with Crippen molar-refractivity contribution in [3.8, 4) is 0 Å². The van der Waals surface area contributed by atoms with E-state index in [-0.39, 0.29) is 5.56 Å². The van der Waals surface area contributed by atoms with Crippen molar-refractivity contribution in [1.29, 1.82) is 5.41 Å². The Morgan fingerprint density at radius 1 is 1.56 bits per heavy atom. The van der Waals surface area contributed by atoms with Gasteiger partial charge < -0.3 is 15.3 Å². The van der Waals surface area contributed by atoms with Crippen LogP contribution in [0.1, 0.15) is 5.82 Å². The molecule has 0 bridgehead atoms. The van der Waals surface area contributed by atoms with E-state index in [0.29, 0.717) is 22.3 Å². The number of allylic oxidation sites excluding steroid dienone is 1. The van der Waals surface area contributed by atoms with Gasteiger partial charge in [0.25, 0.3) is 5.56 Å². The van der Waals surface area contributed by atoms with Crippen molar-refractivity contribution < 1.29 is 0 Å². The van der Waals surface area contributed by atoms with Crippen LogP contribution in [0.2, 0.25) is 0 Å². The van der Waals surface area contributed by atoms with Crippen LogP contribution in [0.4, 0.5) is 0 Å². The molecule has 0 saturated heterocycles. The standard InChI is InChI=1S/C12H13N5O/c1-14-6-8(5-13)11-15-7-9-10(16-11)3-4-17(2)12(9)18/h3-7,13-14H,1-2H3/b8-6+,13-5?. The van der Waals surface area contributed by atoms with Crippen LogP contribution in [0.15, 0.2) is 29.5 Å².